The summed E-state index contributed by atoms with van der Waals surface area (Å²) in [4.78, 5) is 39.4. The zero-order valence-electron chi connectivity index (χ0n) is 36.1. The number of aliphatic hydroxyl groups excluding tert-OH is 2. The summed E-state index contributed by atoms with van der Waals surface area (Å²) in [5.41, 5.74) is 0. The Morgan fingerprint density at radius 2 is 0.875 bits per heavy atom. The number of hydrogen-bond donors (Lipinski definition) is 3. The molecule has 0 aromatic carbocycles. The van der Waals surface area contributed by atoms with Crippen molar-refractivity contribution >= 4 is 18.0 Å². The van der Waals surface area contributed by atoms with E-state index in [4.69, 9.17) is 14.2 Å². The minimum absolute atomic E-state index is 0.0583. The lowest BCUT2D eigenvalue weighted by Gasteiger charge is -2.21. The fourth-order valence-electron chi connectivity index (χ4n) is 6.44. The third-order valence-corrected chi connectivity index (χ3v) is 9.95. The number of aliphatic hydroxyl groups is 2. The third-order valence-electron chi connectivity index (χ3n) is 9.95. The van der Waals surface area contributed by atoms with Crippen molar-refractivity contribution in [2.24, 2.45) is 0 Å². The summed E-state index contributed by atoms with van der Waals surface area (Å²) >= 11 is 0. The van der Waals surface area contributed by atoms with Gasteiger partial charge in [-0.05, 0) is 64.2 Å². The van der Waals surface area contributed by atoms with E-state index < -0.39 is 12.2 Å². The lowest BCUT2D eigenvalue weighted by atomic mass is 10.1. The Morgan fingerprint density at radius 1 is 0.518 bits per heavy atom. The molecule has 0 saturated heterocycles. The summed E-state index contributed by atoms with van der Waals surface area (Å²) in [6, 6.07) is 0. The zero-order valence-corrected chi connectivity index (χ0v) is 36.1. The van der Waals surface area contributed by atoms with Gasteiger partial charge in [0.15, 0.2) is 6.10 Å². The van der Waals surface area contributed by atoms with Gasteiger partial charge < -0.3 is 29.7 Å². The largest absolute Gasteiger partial charge is 0.462 e. The SMILES string of the molecule is CCCCCCCCC=CCCCCCCCC(=O)OCC(COC(=O)CCCCCCCC=CCCCCCCCC)OC(=O)NCCN(CCO)CCO. The molecular weight excluding hydrogens is 709 g/mol. The highest BCUT2D eigenvalue weighted by Gasteiger charge is 2.20. The quantitative estimate of drug-likeness (QED) is 0.0239. The van der Waals surface area contributed by atoms with Crippen LogP contribution in [0.15, 0.2) is 24.3 Å². The molecule has 0 saturated carbocycles. The van der Waals surface area contributed by atoms with Crippen LogP contribution in [0.5, 0.6) is 0 Å². The molecule has 0 unspecified atom stereocenters. The number of allylic oxidation sites excluding steroid dienone is 4. The van der Waals surface area contributed by atoms with Crippen molar-refractivity contribution < 1.29 is 38.8 Å². The van der Waals surface area contributed by atoms with E-state index >= 15 is 0 Å². The number of rotatable bonds is 42. The van der Waals surface area contributed by atoms with Crippen LogP contribution >= 0.6 is 0 Å². The van der Waals surface area contributed by atoms with Crippen LogP contribution in [0, 0.1) is 0 Å². The summed E-state index contributed by atoms with van der Waals surface area (Å²) in [6.45, 7) is 5.39. The molecule has 0 aromatic rings. The number of nitrogens with zero attached hydrogens (tertiary/aromatic N) is 1. The Kier molecular flexibility index (Phi) is 41.8. The van der Waals surface area contributed by atoms with Gasteiger partial charge >= 0.3 is 18.0 Å². The Labute approximate surface area is 343 Å². The van der Waals surface area contributed by atoms with E-state index in [0.29, 0.717) is 19.6 Å². The van der Waals surface area contributed by atoms with Gasteiger partial charge in [0, 0.05) is 39.0 Å². The van der Waals surface area contributed by atoms with Crippen LogP contribution in [0.4, 0.5) is 4.79 Å². The predicted octanol–water partition coefficient (Wildman–Crippen LogP) is 10.5. The Morgan fingerprint density at radius 3 is 1.25 bits per heavy atom. The highest BCUT2D eigenvalue weighted by atomic mass is 16.6. The van der Waals surface area contributed by atoms with Crippen LogP contribution in [0.2, 0.25) is 0 Å². The van der Waals surface area contributed by atoms with Crippen LogP contribution in [0.25, 0.3) is 0 Å². The Balaban J connectivity index is 4.38. The van der Waals surface area contributed by atoms with Crippen LogP contribution in [0.1, 0.15) is 194 Å². The smallest absolute Gasteiger partial charge is 0.407 e. The number of unbranched alkanes of at least 4 members (excludes halogenated alkanes) is 22. The average molecular weight is 795 g/mol. The fourth-order valence-corrected chi connectivity index (χ4v) is 6.44. The van der Waals surface area contributed by atoms with Crippen molar-refractivity contribution in [3.8, 4) is 0 Å². The van der Waals surface area contributed by atoms with E-state index in [9.17, 15) is 24.6 Å². The van der Waals surface area contributed by atoms with Crippen molar-refractivity contribution in [2.45, 2.75) is 200 Å². The lowest BCUT2D eigenvalue weighted by Crippen LogP contribution is -2.40. The normalized spacial score (nSPS) is 12.2. The first-order valence-corrected chi connectivity index (χ1v) is 23.0. The molecule has 1 amide bonds. The van der Waals surface area contributed by atoms with E-state index in [1.54, 1.807) is 0 Å². The molecule has 0 bridgehead atoms. The molecule has 10 nitrogen and oxygen atoms in total. The van der Waals surface area contributed by atoms with Crippen molar-refractivity contribution in [3.05, 3.63) is 24.3 Å². The number of ether oxygens (including phenoxy) is 3. The molecular formula is C46H86N2O8. The second-order valence-electron chi connectivity index (χ2n) is 15.3. The average Bonchev–Trinajstić information content (AvgIpc) is 3.19. The first-order valence-electron chi connectivity index (χ1n) is 23.0. The van der Waals surface area contributed by atoms with Crippen LogP contribution in [-0.2, 0) is 23.8 Å². The molecule has 3 N–H and O–H groups in total. The van der Waals surface area contributed by atoms with E-state index in [2.05, 4.69) is 43.5 Å². The van der Waals surface area contributed by atoms with Crippen molar-refractivity contribution in [1.82, 2.24) is 10.2 Å². The summed E-state index contributed by atoms with van der Waals surface area (Å²) in [7, 11) is 0. The Bertz CT molecular complexity index is 882. The Hall–Kier alpha value is -2.43. The van der Waals surface area contributed by atoms with E-state index in [-0.39, 0.29) is 57.8 Å². The van der Waals surface area contributed by atoms with E-state index in [0.717, 1.165) is 77.0 Å². The standard InChI is InChI=1S/C46H86N2O8/c1-3-5-7-9-11-13-15-17-19-21-23-25-27-29-31-33-44(51)54-41-43(56-46(53)47-35-36-48(37-39-49)38-40-50)42-55-45(52)34-32-30-28-26-24-22-20-18-16-14-12-10-8-6-4-2/h17-20,43,49-50H,3-16,21-42H2,1-2H3,(H,47,53). The lowest BCUT2D eigenvalue weighted by molar-refractivity contribution is -0.152. The molecule has 0 heterocycles. The number of carbonyl (C=O) groups is 3. The number of esters is 2. The number of nitrogens with one attached hydrogen (secondary N) is 1. The number of carbonyl (C=O) groups excluding carboxylic acids is 3. The van der Waals surface area contributed by atoms with E-state index in [1.807, 2.05) is 4.90 Å². The van der Waals surface area contributed by atoms with Gasteiger partial charge in [0.25, 0.3) is 0 Å². The molecule has 0 spiro atoms. The number of amides is 1. The van der Waals surface area contributed by atoms with Crippen molar-refractivity contribution in [2.75, 3.05) is 52.6 Å². The van der Waals surface area contributed by atoms with Gasteiger partial charge in [0.05, 0.1) is 13.2 Å². The highest BCUT2D eigenvalue weighted by molar-refractivity contribution is 5.70. The maximum atomic E-state index is 12.6. The van der Waals surface area contributed by atoms with Gasteiger partial charge in [-0.1, -0.05) is 141 Å². The fraction of sp³-hybridized carbons (Fsp3) is 0.848. The number of hydrogen-bond acceptors (Lipinski definition) is 9. The minimum Gasteiger partial charge on any atom is -0.462 e. The zero-order chi connectivity index (χ0) is 41.0. The first kappa shape index (κ1) is 53.6. The topological polar surface area (TPSA) is 135 Å². The molecule has 56 heavy (non-hydrogen) atoms. The highest BCUT2D eigenvalue weighted by Crippen LogP contribution is 2.13. The van der Waals surface area contributed by atoms with Crippen LogP contribution in [0.3, 0.4) is 0 Å². The van der Waals surface area contributed by atoms with Crippen molar-refractivity contribution in [1.29, 1.82) is 0 Å². The summed E-state index contributed by atoms with van der Waals surface area (Å²) in [5, 5.41) is 21.1. The molecule has 328 valence electrons. The second-order valence-corrected chi connectivity index (χ2v) is 15.3. The summed E-state index contributed by atoms with van der Waals surface area (Å²) in [6.07, 6.45) is 38.9. The van der Waals surface area contributed by atoms with Gasteiger partial charge in [-0.15, -0.1) is 0 Å². The van der Waals surface area contributed by atoms with Crippen LogP contribution in [-0.4, -0.2) is 91.9 Å². The monoisotopic (exact) mass is 795 g/mol. The molecule has 0 atom stereocenters. The molecule has 0 aliphatic carbocycles. The van der Waals surface area contributed by atoms with Gasteiger partial charge in [0.2, 0.25) is 0 Å². The van der Waals surface area contributed by atoms with Gasteiger partial charge in [0.1, 0.15) is 13.2 Å². The second kappa shape index (κ2) is 43.7. The first-order chi connectivity index (χ1) is 27.5. The molecule has 0 radical (unpaired) electrons. The van der Waals surface area contributed by atoms with Gasteiger partial charge in [-0.25, -0.2) is 4.79 Å². The summed E-state index contributed by atoms with van der Waals surface area (Å²) in [5.74, 6) is -0.722. The van der Waals surface area contributed by atoms with Gasteiger partial charge in [-0.2, -0.15) is 0 Å². The number of alkyl carbamates (subject to hydrolysis) is 1. The molecule has 0 aromatic heterocycles. The minimum atomic E-state index is -0.933. The molecule has 0 aliphatic rings. The predicted molar refractivity (Wildman–Crippen MR) is 230 cm³/mol. The van der Waals surface area contributed by atoms with Gasteiger partial charge in [-0.3, -0.25) is 14.5 Å². The molecule has 0 rings (SSSR count). The summed E-state index contributed by atoms with van der Waals surface area (Å²) < 4.78 is 16.4. The third kappa shape index (κ3) is 39.8. The maximum Gasteiger partial charge on any atom is 0.407 e. The molecule has 0 aliphatic heterocycles. The molecule has 10 heteroatoms. The van der Waals surface area contributed by atoms with Crippen LogP contribution < -0.4 is 5.32 Å². The molecule has 0 fully saturated rings. The van der Waals surface area contributed by atoms with Crippen molar-refractivity contribution in [3.63, 3.8) is 0 Å². The van der Waals surface area contributed by atoms with E-state index in [1.165, 1.54) is 89.9 Å². The maximum absolute atomic E-state index is 12.6.